The minimum Gasteiger partial charge on any atom is -0.382 e. The molecule has 0 saturated carbocycles. The second kappa shape index (κ2) is 9.74. The molecule has 2 aromatic rings. The van der Waals surface area contributed by atoms with Gasteiger partial charge in [-0.1, -0.05) is 18.2 Å². The number of halogens is 2. The molecule has 2 heterocycles. The number of aromatic nitrogens is 4. The molecule has 0 spiro atoms. The number of fused-ring (bicyclic) bond motifs is 1. The van der Waals surface area contributed by atoms with Crippen LogP contribution in [0.4, 0.5) is 10.2 Å². The highest BCUT2D eigenvalue weighted by Crippen LogP contribution is 2.28. The largest absolute Gasteiger partial charge is 0.382 e. The predicted molar refractivity (Wildman–Crippen MR) is 129 cm³/mol. The summed E-state index contributed by atoms with van der Waals surface area (Å²) in [5, 5.41) is -0.557. The fourth-order valence-corrected chi connectivity index (χ4v) is 4.54. The van der Waals surface area contributed by atoms with Crippen LogP contribution in [0.3, 0.4) is 0 Å². The summed E-state index contributed by atoms with van der Waals surface area (Å²) in [7, 11) is -3.43. The van der Waals surface area contributed by atoms with Gasteiger partial charge < -0.3 is 10.3 Å². The van der Waals surface area contributed by atoms with Gasteiger partial charge >= 0.3 is 6.08 Å². The summed E-state index contributed by atoms with van der Waals surface area (Å²) < 4.78 is 43.2. The van der Waals surface area contributed by atoms with Crippen LogP contribution in [0.25, 0.3) is 11.2 Å². The molecule has 1 aliphatic rings. The molecule has 0 atom stereocenters. The highest BCUT2D eigenvalue weighted by atomic mass is 127. The van der Waals surface area contributed by atoms with E-state index in [1.807, 2.05) is 0 Å². The molecule has 31 heavy (non-hydrogen) atoms. The van der Waals surface area contributed by atoms with E-state index in [1.165, 1.54) is 5.57 Å². The standard InChI is InChI=1S/C20H26FIN6O2S/c1-12(2)31(29,30)24-8-9-28-16(25-17-18(23)26-20(21)27-19(17)28)10-13(3)15(22)11-14-6-4-5-7-14/h6,11-12,24H,3-5,7-10H2,1-2H3,(H2,23,26,27)/b15-11+. The topological polar surface area (TPSA) is 116 Å². The highest BCUT2D eigenvalue weighted by molar-refractivity contribution is 14.1. The van der Waals surface area contributed by atoms with Crippen molar-refractivity contribution in [1.82, 2.24) is 24.2 Å². The molecule has 11 heteroatoms. The Hall–Kier alpha value is -1.86. The Morgan fingerprint density at radius 1 is 1.42 bits per heavy atom. The van der Waals surface area contributed by atoms with Crippen molar-refractivity contribution in [3.8, 4) is 0 Å². The van der Waals surface area contributed by atoms with Crippen LogP contribution < -0.4 is 10.5 Å². The van der Waals surface area contributed by atoms with E-state index in [0.29, 0.717) is 12.2 Å². The van der Waals surface area contributed by atoms with Crippen molar-refractivity contribution >= 4 is 49.6 Å². The first-order chi connectivity index (χ1) is 14.6. The van der Waals surface area contributed by atoms with Crippen molar-refractivity contribution in [3.63, 3.8) is 0 Å². The normalized spacial score (nSPS) is 15.1. The van der Waals surface area contributed by atoms with Gasteiger partial charge in [0, 0.05) is 23.1 Å². The Labute approximate surface area is 195 Å². The molecule has 2 aromatic heterocycles. The molecule has 0 fully saturated rings. The van der Waals surface area contributed by atoms with Crippen molar-refractivity contribution in [3.05, 3.63) is 45.4 Å². The zero-order valence-electron chi connectivity index (χ0n) is 17.5. The summed E-state index contributed by atoms with van der Waals surface area (Å²) in [6, 6.07) is 0. The van der Waals surface area contributed by atoms with Crippen LogP contribution in [0.1, 0.15) is 38.9 Å². The SMILES string of the molecule is C=C(Cc1nc2c(N)nc(F)nc2n1CCNS(=O)(=O)C(C)C)/C(I)=C\C1=CCCC1. The average molecular weight is 560 g/mol. The number of nitrogen functional groups attached to an aromatic ring is 1. The average Bonchev–Trinajstić information content (AvgIpc) is 3.30. The molecule has 0 aliphatic heterocycles. The summed E-state index contributed by atoms with van der Waals surface area (Å²) in [5.74, 6) is 0.510. The third-order valence-corrected chi connectivity index (χ3v) is 7.95. The number of imidazole rings is 1. The maximum Gasteiger partial charge on any atom is 0.312 e. The van der Waals surface area contributed by atoms with Gasteiger partial charge in [0.25, 0.3) is 0 Å². The molecule has 8 nitrogen and oxygen atoms in total. The molecule has 0 saturated heterocycles. The maximum atomic E-state index is 13.8. The summed E-state index contributed by atoms with van der Waals surface area (Å²) in [5.41, 5.74) is 8.51. The lowest BCUT2D eigenvalue weighted by Gasteiger charge is -2.13. The number of rotatable bonds is 9. The van der Waals surface area contributed by atoms with Crippen LogP contribution in [0.15, 0.2) is 33.5 Å². The fraction of sp³-hybridized carbons (Fsp3) is 0.450. The van der Waals surface area contributed by atoms with Gasteiger partial charge in [0.05, 0.1) is 5.25 Å². The molecular weight excluding hydrogens is 534 g/mol. The van der Waals surface area contributed by atoms with E-state index in [-0.39, 0.29) is 30.1 Å². The van der Waals surface area contributed by atoms with E-state index in [0.717, 1.165) is 28.4 Å². The van der Waals surface area contributed by atoms with Gasteiger partial charge in [-0.25, -0.2) is 18.1 Å². The number of anilines is 1. The Balaban J connectivity index is 1.89. The molecular formula is C20H26FIN6O2S. The summed E-state index contributed by atoms with van der Waals surface area (Å²) in [4.78, 5) is 11.9. The van der Waals surface area contributed by atoms with Gasteiger partial charge in [0.2, 0.25) is 10.0 Å². The molecule has 0 aromatic carbocycles. The molecule has 0 radical (unpaired) electrons. The number of nitrogens with two attached hydrogens (primary N) is 1. The first-order valence-corrected chi connectivity index (χ1v) is 12.6. The maximum absolute atomic E-state index is 13.8. The van der Waals surface area contributed by atoms with E-state index >= 15 is 0 Å². The third-order valence-electron chi connectivity index (χ3n) is 5.03. The number of nitrogens with zero attached hydrogens (tertiary/aromatic N) is 4. The molecule has 0 bridgehead atoms. The van der Waals surface area contributed by atoms with Crippen LogP contribution in [0.2, 0.25) is 0 Å². The second-order valence-electron chi connectivity index (χ2n) is 7.66. The summed E-state index contributed by atoms with van der Waals surface area (Å²) >= 11 is 2.25. The number of nitrogens with one attached hydrogen (secondary N) is 1. The molecule has 3 rings (SSSR count). The van der Waals surface area contributed by atoms with Gasteiger partial charge in [0.15, 0.2) is 17.0 Å². The highest BCUT2D eigenvalue weighted by Gasteiger charge is 2.20. The minimum absolute atomic E-state index is 0.0581. The zero-order chi connectivity index (χ0) is 22.8. The predicted octanol–water partition coefficient (Wildman–Crippen LogP) is 3.40. The third kappa shape index (κ3) is 5.69. The van der Waals surface area contributed by atoms with E-state index in [2.05, 4.69) is 61.0 Å². The van der Waals surface area contributed by atoms with Gasteiger partial charge in [-0.3, -0.25) is 0 Å². The number of allylic oxidation sites excluding steroid dienone is 5. The van der Waals surface area contributed by atoms with E-state index in [4.69, 9.17) is 5.73 Å². The summed E-state index contributed by atoms with van der Waals surface area (Å²) in [6.07, 6.45) is 7.08. The van der Waals surface area contributed by atoms with Crippen molar-refractivity contribution in [1.29, 1.82) is 0 Å². The molecule has 168 valence electrons. The Morgan fingerprint density at radius 2 is 2.16 bits per heavy atom. The lowest BCUT2D eigenvalue weighted by molar-refractivity contribution is 0.539. The molecule has 0 amide bonds. The molecule has 0 unspecified atom stereocenters. The van der Waals surface area contributed by atoms with Crippen molar-refractivity contribution in [2.24, 2.45) is 0 Å². The fourth-order valence-electron chi connectivity index (χ4n) is 3.24. The Kier molecular flexibility index (Phi) is 7.47. The Bertz CT molecular complexity index is 1170. The van der Waals surface area contributed by atoms with E-state index in [1.54, 1.807) is 18.4 Å². The number of hydrogen-bond donors (Lipinski definition) is 2. The lowest BCUT2D eigenvalue weighted by atomic mass is 10.1. The lowest BCUT2D eigenvalue weighted by Crippen LogP contribution is -2.33. The van der Waals surface area contributed by atoms with Crippen LogP contribution >= 0.6 is 22.6 Å². The van der Waals surface area contributed by atoms with Gasteiger partial charge in [-0.05, 0) is 67.3 Å². The van der Waals surface area contributed by atoms with E-state index < -0.39 is 21.4 Å². The van der Waals surface area contributed by atoms with Crippen molar-refractivity contribution in [2.75, 3.05) is 12.3 Å². The smallest absolute Gasteiger partial charge is 0.312 e. The summed E-state index contributed by atoms with van der Waals surface area (Å²) in [6.45, 7) is 7.70. The quantitative estimate of drug-likeness (QED) is 0.276. The van der Waals surface area contributed by atoms with Gasteiger partial charge in [-0.2, -0.15) is 14.4 Å². The van der Waals surface area contributed by atoms with Crippen LogP contribution in [-0.4, -0.2) is 39.7 Å². The van der Waals surface area contributed by atoms with Gasteiger partial charge in [-0.15, -0.1) is 0 Å². The van der Waals surface area contributed by atoms with Crippen LogP contribution in [0.5, 0.6) is 0 Å². The molecule has 3 N–H and O–H groups in total. The number of hydrogen-bond acceptors (Lipinski definition) is 6. The Morgan fingerprint density at radius 3 is 2.81 bits per heavy atom. The van der Waals surface area contributed by atoms with E-state index in [9.17, 15) is 12.8 Å². The van der Waals surface area contributed by atoms with Crippen molar-refractivity contribution < 1.29 is 12.8 Å². The minimum atomic E-state index is -3.43. The monoisotopic (exact) mass is 560 g/mol. The zero-order valence-corrected chi connectivity index (χ0v) is 20.5. The van der Waals surface area contributed by atoms with Crippen LogP contribution in [-0.2, 0) is 23.0 Å². The van der Waals surface area contributed by atoms with Crippen LogP contribution in [0, 0.1) is 6.08 Å². The first kappa shape index (κ1) is 23.8. The molecule has 1 aliphatic carbocycles. The first-order valence-electron chi connectivity index (χ1n) is 9.99. The van der Waals surface area contributed by atoms with Gasteiger partial charge in [0.1, 0.15) is 5.82 Å². The van der Waals surface area contributed by atoms with Crippen molar-refractivity contribution in [2.45, 2.75) is 51.3 Å². The second-order valence-corrected chi connectivity index (χ2v) is 11.1. The number of sulfonamides is 1.